The van der Waals surface area contributed by atoms with Crippen LogP contribution in [0.1, 0.15) is 28.8 Å². The molecule has 1 aliphatic rings. The van der Waals surface area contributed by atoms with E-state index in [1.54, 1.807) is 24.3 Å². The van der Waals surface area contributed by atoms with Crippen LogP contribution in [-0.2, 0) is 15.7 Å². The van der Waals surface area contributed by atoms with Gasteiger partial charge in [0.15, 0.2) is 0 Å². The number of halogens is 3. The van der Waals surface area contributed by atoms with E-state index >= 15 is 0 Å². The lowest BCUT2D eigenvalue weighted by molar-refractivity contribution is -0.137. The quantitative estimate of drug-likeness (QED) is 0.843. The second-order valence-corrected chi connectivity index (χ2v) is 6.10. The Morgan fingerprint density at radius 2 is 1.52 bits per heavy atom. The molecule has 2 aromatic rings. The van der Waals surface area contributed by atoms with Gasteiger partial charge in [0.2, 0.25) is 0 Å². The monoisotopic (exact) mass is 378 g/mol. The van der Waals surface area contributed by atoms with Crippen LogP contribution in [0.4, 0.5) is 24.5 Å². The average Bonchev–Trinajstić information content (AvgIpc) is 3.17. The molecule has 0 saturated carbocycles. The molecule has 1 fully saturated rings. The fourth-order valence-corrected chi connectivity index (χ4v) is 2.66. The van der Waals surface area contributed by atoms with E-state index in [9.17, 15) is 22.8 Å². The van der Waals surface area contributed by atoms with Crippen LogP contribution in [0.15, 0.2) is 48.5 Å². The molecule has 5 nitrogen and oxygen atoms in total. The largest absolute Gasteiger partial charge is 0.416 e. The van der Waals surface area contributed by atoms with Crippen molar-refractivity contribution in [1.82, 2.24) is 0 Å². The number of hydrogen-bond donors (Lipinski definition) is 2. The second kappa shape index (κ2) is 7.79. The van der Waals surface area contributed by atoms with Gasteiger partial charge in [-0.1, -0.05) is 0 Å². The van der Waals surface area contributed by atoms with Crippen molar-refractivity contribution < 1.29 is 27.5 Å². The molecule has 0 spiro atoms. The third-order valence-corrected chi connectivity index (χ3v) is 4.11. The van der Waals surface area contributed by atoms with E-state index in [1.807, 2.05) is 0 Å². The van der Waals surface area contributed by atoms with Gasteiger partial charge in [0.1, 0.15) is 6.10 Å². The Morgan fingerprint density at radius 3 is 2.04 bits per heavy atom. The summed E-state index contributed by atoms with van der Waals surface area (Å²) in [6, 6.07) is 10.4. The molecule has 3 rings (SSSR count). The fraction of sp³-hybridized carbons (Fsp3) is 0.263. The van der Waals surface area contributed by atoms with Crippen LogP contribution in [0.25, 0.3) is 0 Å². The Bertz CT molecular complexity index is 812. The van der Waals surface area contributed by atoms with E-state index in [0.29, 0.717) is 24.4 Å². The zero-order valence-electron chi connectivity index (χ0n) is 14.2. The van der Waals surface area contributed by atoms with Gasteiger partial charge in [-0.3, -0.25) is 9.59 Å². The van der Waals surface area contributed by atoms with Gasteiger partial charge in [-0.25, -0.2) is 0 Å². The van der Waals surface area contributed by atoms with Crippen molar-refractivity contribution in [2.24, 2.45) is 0 Å². The van der Waals surface area contributed by atoms with E-state index in [-0.39, 0.29) is 11.5 Å². The summed E-state index contributed by atoms with van der Waals surface area (Å²) < 4.78 is 43.0. The first-order valence-corrected chi connectivity index (χ1v) is 8.34. The van der Waals surface area contributed by atoms with Gasteiger partial charge >= 0.3 is 6.18 Å². The first-order valence-electron chi connectivity index (χ1n) is 8.34. The summed E-state index contributed by atoms with van der Waals surface area (Å²) in [5, 5.41) is 5.33. The molecule has 1 aliphatic heterocycles. The Hall–Kier alpha value is -2.87. The summed E-state index contributed by atoms with van der Waals surface area (Å²) in [5.74, 6) is -0.742. The number of carbonyl (C=O) groups is 2. The molecule has 27 heavy (non-hydrogen) atoms. The molecule has 1 heterocycles. The third kappa shape index (κ3) is 4.85. The van der Waals surface area contributed by atoms with Gasteiger partial charge < -0.3 is 15.4 Å². The van der Waals surface area contributed by atoms with Gasteiger partial charge in [-0.05, 0) is 61.4 Å². The van der Waals surface area contributed by atoms with Gasteiger partial charge in [0.05, 0.1) is 5.56 Å². The minimum absolute atomic E-state index is 0.110. The number of rotatable bonds is 4. The van der Waals surface area contributed by atoms with Crippen LogP contribution in [0.3, 0.4) is 0 Å². The maximum Gasteiger partial charge on any atom is 0.416 e. The summed E-state index contributed by atoms with van der Waals surface area (Å²) in [6.45, 7) is 0.576. The Labute approximate surface area is 153 Å². The molecule has 2 N–H and O–H groups in total. The molecule has 1 saturated heterocycles. The van der Waals surface area contributed by atoms with Crippen molar-refractivity contribution in [3.05, 3.63) is 59.7 Å². The number of nitrogens with one attached hydrogen (secondary N) is 2. The van der Waals surface area contributed by atoms with Gasteiger partial charge in [-0.15, -0.1) is 0 Å². The summed E-state index contributed by atoms with van der Waals surface area (Å²) in [6.07, 6.45) is -3.34. The smallest absolute Gasteiger partial charge is 0.368 e. The van der Waals surface area contributed by atoms with E-state index in [4.69, 9.17) is 4.74 Å². The van der Waals surface area contributed by atoms with Crippen molar-refractivity contribution in [3.8, 4) is 0 Å². The van der Waals surface area contributed by atoms with E-state index in [2.05, 4.69) is 10.6 Å². The van der Waals surface area contributed by atoms with Crippen LogP contribution < -0.4 is 10.6 Å². The molecule has 0 aliphatic carbocycles. The average molecular weight is 378 g/mol. The lowest BCUT2D eigenvalue weighted by Crippen LogP contribution is -2.26. The number of carbonyl (C=O) groups excluding carboxylic acids is 2. The highest BCUT2D eigenvalue weighted by atomic mass is 19.4. The van der Waals surface area contributed by atoms with E-state index < -0.39 is 23.8 Å². The Kier molecular flexibility index (Phi) is 5.46. The van der Waals surface area contributed by atoms with Crippen LogP contribution >= 0.6 is 0 Å². The normalized spacial score (nSPS) is 16.8. The molecule has 2 amide bonds. The predicted octanol–water partition coefficient (Wildman–Crippen LogP) is 4.08. The zero-order valence-corrected chi connectivity index (χ0v) is 14.2. The number of benzene rings is 2. The zero-order chi connectivity index (χ0) is 19.4. The van der Waals surface area contributed by atoms with Crippen LogP contribution in [0, 0.1) is 0 Å². The maximum atomic E-state index is 12.6. The summed E-state index contributed by atoms with van der Waals surface area (Å²) >= 11 is 0. The molecule has 0 radical (unpaired) electrons. The van der Waals surface area contributed by atoms with Crippen molar-refractivity contribution in [2.45, 2.75) is 25.1 Å². The molecule has 0 aromatic heterocycles. The summed E-state index contributed by atoms with van der Waals surface area (Å²) in [4.78, 5) is 24.1. The lowest BCUT2D eigenvalue weighted by Gasteiger charge is -2.11. The van der Waals surface area contributed by atoms with E-state index in [0.717, 1.165) is 30.7 Å². The van der Waals surface area contributed by atoms with Crippen LogP contribution in [0.5, 0.6) is 0 Å². The first-order chi connectivity index (χ1) is 12.8. The highest BCUT2D eigenvalue weighted by molar-refractivity contribution is 6.04. The molecule has 1 unspecified atom stereocenters. The molecular weight excluding hydrogens is 361 g/mol. The molecular formula is C19H17F3N2O3. The van der Waals surface area contributed by atoms with Crippen molar-refractivity contribution in [1.29, 1.82) is 0 Å². The number of alkyl halides is 3. The second-order valence-electron chi connectivity index (χ2n) is 6.10. The van der Waals surface area contributed by atoms with E-state index in [1.165, 1.54) is 0 Å². The number of anilines is 2. The third-order valence-electron chi connectivity index (χ3n) is 4.11. The van der Waals surface area contributed by atoms with Crippen molar-refractivity contribution in [3.63, 3.8) is 0 Å². The molecule has 142 valence electrons. The number of ether oxygens (including phenoxy) is 1. The highest BCUT2D eigenvalue weighted by Gasteiger charge is 2.30. The predicted molar refractivity (Wildman–Crippen MR) is 93.4 cm³/mol. The number of hydrogen-bond acceptors (Lipinski definition) is 3. The Balaban J connectivity index is 1.59. The molecule has 8 heteroatoms. The first kappa shape index (κ1) is 18.9. The molecule has 0 bridgehead atoms. The van der Waals surface area contributed by atoms with Crippen molar-refractivity contribution in [2.75, 3.05) is 17.2 Å². The Morgan fingerprint density at radius 1 is 0.926 bits per heavy atom. The minimum Gasteiger partial charge on any atom is -0.368 e. The maximum absolute atomic E-state index is 12.6. The van der Waals surface area contributed by atoms with Gasteiger partial charge in [-0.2, -0.15) is 13.2 Å². The molecule has 2 aromatic carbocycles. The molecule has 1 atom stereocenters. The number of amides is 2. The van der Waals surface area contributed by atoms with Crippen LogP contribution in [-0.4, -0.2) is 24.5 Å². The highest BCUT2D eigenvalue weighted by Crippen LogP contribution is 2.29. The van der Waals surface area contributed by atoms with Gasteiger partial charge in [0, 0.05) is 23.5 Å². The topological polar surface area (TPSA) is 67.4 Å². The fourth-order valence-electron chi connectivity index (χ4n) is 2.66. The SMILES string of the molecule is O=C(Nc1ccc(NC(=O)C2CCCO2)cc1)c1ccc(C(F)(F)F)cc1. The standard InChI is InChI=1S/C19H17F3N2O3/c20-19(21,22)13-5-3-12(4-6-13)17(25)23-14-7-9-15(10-8-14)24-18(26)16-2-1-11-27-16/h3-10,16H,1-2,11H2,(H,23,25)(H,24,26). The summed E-state index contributed by atoms with van der Waals surface area (Å²) in [5.41, 5.74) is 0.308. The minimum atomic E-state index is -4.45. The lowest BCUT2D eigenvalue weighted by atomic mass is 10.1. The van der Waals surface area contributed by atoms with Crippen molar-refractivity contribution >= 4 is 23.2 Å². The summed E-state index contributed by atoms with van der Waals surface area (Å²) in [7, 11) is 0. The van der Waals surface area contributed by atoms with Gasteiger partial charge in [0.25, 0.3) is 11.8 Å². The van der Waals surface area contributed by atoms with Crippen LogP contribution in [0.2, 0.25) is 0 Å².